The van der Waals surface area contributed by atoms with E-state index in [1.54, 1.807) is 6.08 Å². The van der Waals surface area contributed by atoms with Crippen LogP contribution in [0.25, 0.3) is 10.8 Å². The van der Waals surface area contributed by atoms with E-state index >= 15 is 0 Å². The summed E-state index contributed by atoms with van der Waals surface area (Å²) in [5.41, 5.74) is 1.27. The lowest BCUT2D eigenvalue weighted by Crippen LogP contribution is -2.40. The third kappa shape index (κ3) is 9.19. The fraction of sp³-hybridized carbons (Fsp3) is 0.567. The summed E-state index contributed by atoms with van der Waals surface area (Å²) < 4.78 is 0. The zero-order chi connectivity index (χ0) is 24.1. The maximum atomic E-state index is 12.7. The Balaban J connectivity index is 0.00000361. The van der Waals surface area contributed by atoms with Crippen molar-refractivity contribution >= 4 is 29.1 Å². The van der Waals surface area contributed by atoms with Crippen LogP contribution in [0.4, 0.5) is 0 Å². The predicted octanol–water partition coefficient (Wildman–Crippen LogP) is 4.56. The van der Waals surface area contributed by atoms with Crippen LogP contribution in [0.15, 0.2) is 54.6 Å². The first-order valence-corrected chi connectivity index (χ1v) is 13.8. The number of benzene rings is 2. The zero-order valence-electron chi connectivity index (χ0n) is 21.7. The lowest BCUT2D eigenvalue weighted by molar-refractivity contribution is -0.127. The van der Waals surface area contributed by atoms with Crippen molar-refractivity contribution in [1.82, 2.24) is 20.9 Å². The van der Waals surface area contributed by atoms with Gasteiger partial charge in [0.2, 0.25) is 5.91 Å². The molecule has 0 bridgehead atoms. The summed E-state index contributed by atoms with van der Waals surface area (Å²) in [5, 5.41) is 13.3. The molecule has 0 aliphatic carbocycles. The summed E-state index contributed by atoms with van der Waals surface area (Å²) in [6.45, 7) is 8.64. The molecule has 2 saturated heterocycles. The van der Waals surface area contributed by atoms with Crippen molar-refractivity contribution in [2.45, 2.75) is 44.9 Å². The topological polar surface area (TPSA) is 56.4 Å². The first kappa shape index (κ1) is 28.6. The van der Waals surface area contributed by atoms with Crippen molar-refractivity contribution in [2.24, 2.45) is 11.8 Å². The monoisotopic (exact) mass is 512 g/mol. The van der Waals surface area contributed by atoms with Gasteiger partial charge in [-0.3, -0.25) is 4.79 Å². The molecule has 0 spiro atoms. The maximum absolute atomic E-state index is 12.7. The molecular formula is C30H45ClN4O. The molecule has 198 valence electrons. The van der Waals surface area contributed by atoms with Crippen LogP contribution in [0.3, 0.4) is 0 Å². The van der Waals surface area contributed by atoms with Gasteiger partial charge < -0.3 is 20.9 Å². The van der Waals surface area contributed by atoms with Crippen molar-refractivity contribution in [3.8, 4) is 0 Å². The molecule has 4 rings (SSSR count). The summed E-state index contributed by atoms with van der Waals surface area (Å²) >= 11 is 0. The SMILES string of the molecule is Cl.O=C(/C=C/Cc1cccc2ccccc12)N1CCC(CNCCCCNCC2CCNCC2)CC1. The van der Waals surface area contributed by atoms with E-state index in [1.165, 1.54) is 61.7 Å². The third-order valence-corrected chi connectivity index (χ3v) is 7.69. The molecule has 2 aliphatic rings. The molecule has 2 aromatic rings. The van der Waals surface area contributed by atoms with Gasteiger partial charge in [0.1, 0.15) is 0 Å². The summed E-state index contributed by atoms with van der Waals surface area (Å²) in [6, 6.07) is 14.8. The van der Waals surface area contributed by atoms with Crippen molar-refractivity contribution < 1.29 is 4.79 Å². The highest BCUT2D eigenvalue weighted by Gasteiger charge is 2.21. The number of fused-ring (bicyclic) bond motifs is 1. The van der Waals surface area contributed by atoms with Gasteiger partial charge in [0.05, 0.1) is 0 Å². The Labute approximate surface area is 223 Å². The number of piperidine rings is 2. The van der Waals surface area contributed by atoms with Crippen LogP contribution in [-0.4, -0.2) is 63.2 Å². The van der Waals surface area contributed by atoms with Crippen molar-refractivity contribution in [1.29, 1.82) is 0 Å². The number of unbranched alkanes of at least 4 members (excludes halogenated alkanes) is 1. The zero-order valence-corrected chi connectivity index (χ0v) is 22.5. The number of allylic oxidation sites excluding steroid dienone is 1. The molecule has 1 amide bonds. The van der Waals surface area contributed by atoms with Crippen LogP contribution in [0.5, 0.6) is 0 Å². The summed E-state index contributed by atoms with van der Waals surface area (Å²) in [7, 11) is 0. The van der Waals surface area contributed by atoms with Crippen LogP contribution in [0, 0.1) is 11.8 Å². The van der Waals surface area contributed by atoms with E-state index in [1.807, 2.05) is 11.0 Å². The lowest BCUT2D eigenvalue weighted by Gasteiger charge is -2.31. The molecule has 2 aliphatic heterocycles. The van der Waals surface area contributed by atoms with E-state index in [-0.39, 0.29) is 18.3 Å². The maximum Gasteiger partial charge on any atom is 0.246 e. The molecule has 5 nitrogen and oxygen atoms in total. The first-order chi connectivity index (χ1) is 17.3. The predicted molar refractivity (Wildman–Crippen MR) is 154 cm³/mol. The Kier molecular flexibility index (Phi) is 12.8. The van der Waals surface area contributed by atoms with E-state index < -0.39 is 0 Å². The number of hydrogen-bond donors (Lipinski definition) is 3. The van der Waals surface area contributed by atoms with Gasteiger partial charge in [0, 0.05) is 13.1 Å². The average molecular weight is 513 g/mol. The van der Waals surface area contributed by atoms with Crippen LogP contribution >= 0.6 is 12.4 Å². The van der Waals surface area contributed by atoms with E-state index in [2.05, 4.69) is 58.4 Å². The van der Waals surface area contributed by atoms with E-state index in [0.717, 1.165) is 57.9 Å². The number of nitrogens with zero attached hydrogens (tertiary/aromatic N) is 1. The molecule has 2 heterocycles. The minimum atomic E-state index is 0. The fourth-order valence-electron chi connectivity index (χ4n) is 5.42. The van der Waals surface area contributed by atoms with Gasteiger partial charge in [-0.05, 0) is 118 Å². The molecule has 2 aromatic carbocycles. The first-order valence-electron chi connectivity index (χ1n) is 13.8. The number of nitrogens with one attached hydrogen (secondary N) is 3. The normalized spacial score (nSPS) is 17.5. The van der Waals surface area contributed by atoms with Gasteiger partial charge in [-0.25, -0.2) is 0 Å². The lowest BCUT2D eigenvalue weighted by atomic mass is 9.96. The van der Waals surface area contributed by atoms with Crippen LogP contribution in [-0.2, 0) is 11.2 Å². The minimum Gasteiger partial charge on any atom is -0.339 e. The van der Waals surface area contributed by atoms with Crippen molar-refractivity contribution in [2.75, 3.05) is 52.4 Å². The molecule has 0 unspecified atom stereocenters. The highest BCUT2D eigenvalue weighted by atomic mass is 35.5. The third-order valence-electron chi connectivity index (χ3n) is 7.69. The Morgan fingerprint density at radius 3 is 2.25 bits per heavy atom. The summed E-state index contributed by atoms with van der Waals surface area (Å²) in [6.07, 6.45) is 11.9. The van der Waals surface area contributed by atoms with Crippen LogP contribution in [0.2, 0.25) is 0 Å². The average Bonchev–Trinajstić information content (AvgIpc) is 2.91. The van der Waals surface area contributed by atoms with Crippen LogP contribution in [0.1, 0.15) is 44.1 Å². The molecule has 3 N–H and O–H groups in total. The number of carbonyl (C=O) groups is 1. The summed E-state index contributed by atoms with van der Waals surface area (Å²) in [5.74, 6) is 1.72. The number of carbonyl (C=O) groups excluding carboxylic acids is 1. The molecule has 0 aromatic heterocycles. The second-order valence-electron chi connectivity index (χ2n) is 10.3. The number of amides is 1. The Morgan fingerprint density at radius 1 is 0.889 bits per heavy atom. The van der Waals surface area contributed by atoms with Crippen molar-refractivity contribution in [3.05, 3.63) is 60.2 Å². The van der Waals surface area contributed by atoms with Gasteiger partial charge in [-0.15, -0.1) is 12.4 Å². The fourth-order valence-corrected chi connectivity index (χ4v) is 5.42. The number of halogens is 1. The second kappa shape index (κ2) is 16.0. The van der Waals surface area contributed by atoms with Crippen molar-refractivity contribution in [3.63, 3.8) is 0 Å². The number of likely N-dealkylation sites (tertiary alicyclic amines) is 1. The Morgan fingerprint density at radius 2 is 1.53 bits per heavy atom. The smallest absolute Gasteiger partial charge is 0.246 e. The summed E-state index contributed by atoms with van der Waals surface area (Å²) in [4.78, 5) is 14.7. The largest absolute Gasteiger partial charge is 0.339 e. The van der Waals surface area contributed by atoms with Gasteiger partial charge in [-0.2, -0.15) is 0 Å². The molecule has 0 saturated carbocycles. The van der Waals surface area contributed by atoms with Gasteiger partial charge in [0.15, 0.2) is 0 Å². The molecule has 0 radical (unpaired) electrons. The van der Waals surface area contributed by atoms with E-state index in [0.29, 0.717) is 5.92 Å². The Hall–Kier alpha value is -1.92. The van der Waals surface area contributed by atoms with E-state index in [4.69, 9.17) is 0 Å². The van der Waals surface area contributed by atoms with Gasteiger partial charge >= 0.3 is 0 Å². The second-order valence-corrected chi connectivity index (χ2v) is 10.3. The van der Waals surface area contributed by atoms with E-state index in [9.17, 15) is 4.79 Å². The standard InChI is InChI=1S/C30H44N4O.ClH/c35-30(12-6-10-28-9-5-8-27-7-1-2-11-29(27)28)34-21-15-26(16-22-34)24-33-18-4-3-17-32-23-25-13-19-31-20-14-25;/h1-2,5-9,11-12,25-26,31-33H,3-4,10,13-24H2;1H/b12-6+;. The molecule has 2 fully saturated rings. The van der Waals surface area contributed by atoms with Gasteiger partial charge in [0.25, 0.3) is 0 Å². The Bertz CT molecular complexity index is 930. The highest BCUT2D eigenvalue weighted by molar-refractivity contribution is 5.88. The minimum absolute atomic E-state index is 0. The molecule has 0 atom stereocenters. The molecular weight excluding hydrogens is 468 g/mol. The highest BCUT2D eigenvalue weighted by Crippen LogP contribution is 2.20. The molecule has 6 heteroatoms. The molecule has 36 heavy (non-hydrogen) atoms. The van der Waals surface area contributed by atoms with Gasteiger partial charge in [-0.1, -0.05) is 48.5 Å². The number of rotatable bonds is 12. The number of hydrogen-bond acceptors (Lipinski definition) is 4. The quantitative estimate of drug-likeness (QED) is 0.288. The van der Waals surface area contributed by atoms with Crippen LogP contribution < -0.4 is 16.0 Å².